The summed E-state index contributed by atoms with van der Waals surface area (Å²) in [4.78, 5) is 29.0. The summed E-state index contributed by atoms with van der Waals surface area (Å²) in [5.41, 5.74) is 1.46. The van der Waals surface area contributed by atoms with Gasteiger partial charge in [0.1, 0.15) is 11.3 Å². The van der Waals surface area contributed by atoms with Gasteiger partial charge in [0, 0.05) is 10.4 Å². The molecule has 2 heterocycles. The molecule has 0 amide bonds. The highest BCUT2D eigenvalue weighted by atomic mass is 127. The summed E-state index contributed by atoms with van der Waals surface area (Å²) in [6, 6.07) is 17.6. The van der Waals surface area contributed by atoms with E-state index in [0.717, 1.165) is 5.39 Å². The van der Waals surface area contributed by atoms with E-state index in [-0.39, 0.29) is 11.4 Å². The van der Waals surface area contributed by atoms with Gasteiger partial charge in [0.2, 0.25) is 5.82 Å². The molecule has 0 saturated heterocycles. The second-order valence-corrected chi connectivity index (χ2v) is 10.4. The standard InChI is InChI=1S/C25H14ClI2N3O5/c26-15-5-6-20-14(9-15)10-21(36-20)24-30-19-4-2-1-3-16(19)25(34)31(24)29-11-13-7-17(27)23(18(28)8-13)35-12-22(32)33/h1-11H,12H2,(H,32,33). The van der Waals surface area contributed by atoms with Crippen LogP contribution in [-0.4, -0.2) is 33.6 Å². The van der Waals surface area contributed by atoms with Crippen molar-refractivity contribution >= 4 is 90.8 Å². The average molecular weight is 726 g/mol. The number of nitrogens with zero attached hydrogens (tertiary/aromatic N) is 3. The number of furan rings is 1. The van der Waals surface area contributed by atoms with E-state index in [2.05, 4.69) is 55.3 Å². The number of benzene rings is 3. The monoisotopic (exact) mass is 725 g/mol. The molecule has 180 valence electrons. The Morgan fingerprint density at radius 3 is 2.64 bits per heavy atom. The van der Waals surface area contributed by atoms with E-state index in [4.69, 9.17) is 25.9 Å². The molecule has 0 aliphatic heterocycles. The zero-order chi connectivity index (χ0) is 25.4. The molecule has 0 bridgehead atoms. The quantitative estimate of drug-likeness (QED) is 0.170. The minimum Gasteiger partial charge on any atom is -0.480 e. The fourth-order valence-electron chi connectivity index (χ4n) is 3.56. The van der Waals surface area contributed by atoms with Crippen LogP contribution in [0.5, 0.6) is 5.75 Å². The molecule has 8 nitrogen and oxygen atoms in total. The second-order valence-electron chi connectivity index (χ2n) is 7.60. The van der Waals surface area contributed by atoms with Crippen LogP contribution in [0.1, 0.15) is 5.56 Å². The lowest BCUT2D eigenvalue weighted by molar-refractivity contribution is -0.139. The maximum atomic E-state index is 13.4. The van der Waals surface area contributed by atoms with Crippen LogP contribution in [0.3, 0.4) is 0 Å². The Hall–Kier alpha value is -2.97. The van der Waals surface area contributed by atoms with E-state index in [1.165, 1.54) is 10.9 Å². The summed E-state index contributed by atoms with van der Waals surface area (Å²) >= 11 is 10.3. The Morgan fingerprint density at radius 2 is 1.89 bits per heavy atom. The van der Waals surface area contributed by atoms with Crippen LogP contribution in [0.25, 0.3) is 33.5 Å². The van der Waals surface area contributed by atoms with Gasteiger partial charge < -0.3 is 14.3 Å². The molecule has 36 heavy (non-hydrogen) atoms. The fourth-order valence-corrected chi connectivity index (χ4v) is 5.87. The molecule has 11 heteroatoms. The van der Waals surface area contributed by atoms with E-state index in [0.29, 0.717) is 45.7 Å². The smallest absolute Gasteiger partial charge is 0.341 e. The molecule has 2 aromatic heterocycles. The van der Waals surface area contributed by atoms with Crippen LogP contribution in [0.4, 0.5) is 0 Å². The van der Waals surface area contributed by atoms with E-state index in [1.807, 2.05) is 6.07 Å². The minimum absolute atomic E-state index is 0.244. The van der Waals surface area contributed by atoms with Crippen molar-refractivity contribution in [3.05, 3.63) is 88.7 Å². The van der Waals surface area contributed by atoms with Gasteiger partial charge in [-0.1, -0.05) is 23.7 Å². The van der Waals surface area contributed by atoms with Crippen molar-refractivity contribution in [3.8, 4) is 17.3 Å². The summed E-state index contributed by atoms with van der Waals surface area (Å²) in [6.45, 7) is -0.441. The van der Waals surface area contributed by atoms with Crippen LogP contribution >= 0.6 is 56.8 Å². The van der Waals surface area contributed by atoms with Gasteiger partial charge in [0.05, 0.1) is 24.3 Å². The number of carboxylic acid groups (broad SMARTS) is 1. The first-order valence-corrected chi connectivity index (χ1v) is 12.9. The van der Waals surface area contributed by atoms with Crippen LogP contribution in [-0.2, 0) is 4.79 Å². The van der Waals surface area contributed by atoms with Crippen molar-refractivity contribution < 1.29 is 19.1 Å². The van der Waals surface area contributed by atoms with Gasteiger partial charge in [-0.2, -0.15) is 9.78 Å². The first kappa shape index (κ1) is 24.7. The molecule has 0 unspecified atom stereocenters. The summed E-state index contributed by atoms with van der Waals surface area (Å²) < 4.78 is 14.0. The predicted molar refractivity (Wildman–Crippen MR) is 154 cm³/mol. The summed E-state index contributed by atoms with van der Waals surface area (Å²) in [5, 5.41) is 15.1. The SMILES string of the molecule is O=C(O)COc1c(I)cc(C=Nn2c(-c3cc4cc(Cl)ccc4o3)nc3ccccc3c2=O)cc1I. The molecule has 3 aromatic carbocycles. The van der Waals surface area contributed by atoms with E-state index in [9.17, 15) is 9.59 Å². The molecule has 0 spiro atoms. The number of aliphatic carboxylic acids is 1. The van der Waals surface area contributed by atoms with Crippen LogP contribution in [0.15, 0.2) is 75.0 Å². The van der Waals surface area contributed by atoms with Gasteiger partial charge in [-0.05, 0) is 99.3 Å². The van der Waals surface area contributed by atoms with Gasteiger partial charge in [0.15, 0.2) is 12.4 Å². The lowest BCUT2D eigenvalue weighted by Gasteiger charge is -2.10. The molecule has 5 aromatic rings. The molecule has 1 N–H and O–H groups in total. The van der Waals surface area contributed by atoms with Crippen LogP contribution < -0.4 is 10.3 Å². The van der Waals surface area contributed by atoms with Gasteiger partial charge in [-0.15, -0.1) is 0 Å². The zero-order valence-electron chi connectivity index (χ0n) is 18.1. The molecule has 0 aliphatic carbocycles. The molecule has 0 radical (unpaired) electrons. The number of para-hydroxylation sites is 1. The summed E-state index contributed by atoms with van der Waals surface area (Å²) in [7, 11) is 0. The highest BCUT2D eigenvalue weighted by Gasteiger charge is 2.17. The number of carbonyl (C=O) groups is 1. The summed E-state index contributed by atoms with van der Waals surface area (Å²) in [5.74, 6) is 0.0275. The van der Waals surface area contributed by atoms with Crippen LogP contribution in [0.2, 0.25) is 5.02 Å². The largest absolute Gasteiger partial charge is 0.480 e. The number of aromatic nitrogens is 2. The number of ether oxygens (including phenoxy) is 1. The normalized spacial score (nSPS) is 11.5. The molecule has 5 rings (SSSR count). The Labute approximate surface area is 235 Å². The first-order chi connectivity index (χ1) is 17.3. The van der Waals surface area contributed by atoms with Gasteiger partial charge in [-0.25, -0.2) is 9.78 Å². The Balaban J connectivity index is 1.62. The molecule has 0 aliphatic rings. The van der Waals surface area contributed by atoms with Crippen molar-refractivity contribution in [2.24, 2.45) is 5.10 Å². The number of halogens is 3. The topological polar surface area (TPSA) is 107 Å². The van der Waals surface area contributed by atoms with Crippen molar-refractivity contribution in [2.45, 2.75) is 0 Å². The third kappa shape index (κ3) is 4.97. The number of hydrogen-bond acceptors (Lipinski definition) is 6. The number of fused-ring (bicyclic) bond motifs is 2. The maximum Gasteiger partial charge on any atom is 0.341 e. The first-order valence-electron chi connectivity index (χ1n) is 10.4. The van der Waals surface area contributed by atoms with Gasteiger partial charge >= 0.3 is 5.97 Å². The molecule has 0 atom stereocenters. The maximum absolute atomic E-state index is 13.4. The number of rotatable bonds is 6. The van der Waals surface area contributed by atoms with E-state index in [1.54, 1.807) is 54.6 Å². The third-order valence-electron chi connectivity index (χ3n) is 5.14. The predicted octanol–water partition coefficient (Wildman–Crippen LogP) is 6.02. The third-order valence-corrected chi connectivity index (χ3v) is 6.97. The minimum atomic E-state index is -1.06. The lowest BCUT2D eigenvalue weighted by Crippen LogP contribution is -2.20. The Morgan fingerprint density at radius 1 is 1.14 bits per heavy atom. The lowest BCUT2D eigenvalue weighted by atomic mass is 10.2. The Kier molecular flexibility index (Phi) is 6.99. The number of hydrogen-bond donors (Lipinski definition) is 1. The van der Waals surface area contributed by atoms with Crippen molar-refractivity contribution in [3.63, 3.8) is 0 Å². The second kappa shape index (κ2) is 10.2. The highest BCUT2D eigenvalue weighted by Crippen LogP contribution is 2.30. The number of carboxylic acids is 1. The average Bonchev–Trinajstić information content (AvgIpc) is 3.25. The van der Waals surface area contributed by atoms with E-state index >= 15 is 0 Å². The van der Waals surface area contributed by atoms with Crippen molar-refractivity contribution in [1.29, 1.82) is 0 Å². The summed E-state index contributed by atoms with van der Waals surface area (Å²) in [6.07, 6.45) is 1.53. The molecular weight excluding hydrogens is 712 g/mol. The van der Waals surface area contributed by atoms with Crippen LogP contribution in [0, 0.1) is 7.14 Å². The molecule has 0 fully saturated rings. The molecule has 0 saturated carbocycles. The Bertz CT molecular complexity index is 1720. The van der Waals surface area contributed by atoms with E-state index < -0.39 is 12.6 Å². The fraction of sp³-hybridized carbons (Fsp3) is 0.0400. The molecular formula is C25H14ClI2N3O5. The van der Waals surface area contributed by atoms with Crippen molar-refractivity contribution in [1.82, 2.24) is 9.66 Å². The highest BCUT2D eigenvalue weighted by molar-refractivity contribution is 14.1. The van der Waals surface area contributed by atoms with Gasteiger partial charge in [0.25, 0.3) is 5.56 Å². The van der Waals surface area contributed by atoms with Crippen molar-refractivity contribution in [2.75, 3.05) is 6.61 Å². The van der Waals surface area contributed by atoms with Gasteiger partial charge in [-0.3, -0.25) is 4.79 Å². The zero-order valence-corrected chi connectivity index (χ0v) is 23.2.